The second-order valence-electron chi connectivity index (χ2n) is 6.78. The van der Waals surface area contributed by atoms with E-state index in [1.807, 2.05) is 19.2 Å². The Morgan fingerprint density at radius 3 is 2.48 bits per heavy atom. The maximum absolute atomic E-state index is 9.09. The van der Waals surface area contributed by atoms with Gasteiger partial charge in [0.05, 0.1) is 17.6 Å². The van der Waals surface area contributed by atoms with E-state index in [1.54, 1.807) is 6.07 Å². The van der Waals surface area contributed by atoms with Crippen LogP contribution >= 0.6 is 11.6 Å². The minimum absolute atomic E-state index is 0.470. The number of hydrogen-bond acceptors (Lipinski definition) is 2. The van der Waals surface area contributed by atoms with Gasteiger partial charge in [0, 0.05) is 29.5 Å². The van der Waals surface area contributed by atoms with Gasteiger partial charge in [-0.05, 0) is 50.6 Å². The predicted molar refractivity (Wildman–Crippen MR) is 110 cm³/mol. The van der Waals surface area contributed by atoms with Crippen LogP contribution in [0.4, 0.5) is 11.4 Å². The van der Waals surface area contributed by atoms with Crippen molar-refractivity contribution < 1.29 is 4.68 Å². The number of aryl methyl sites for hydroxylation is 3. The molecule has 0 N–H and O–H groups in total. The lowest BCUT2D eigenvalue weighted by atomic mass is 10.0. The van der Waals surface area contributed by atoms with Crippen molar-refractivity contribution in [2.45, 2.75) is 27.3 Å². The lowest BCUT2D eigenvalue weighted by Crippen LogP contribution is -2.40. The molecule has 2 aromatic carbocycles. The van der Waals surface area contributed by atoms with Crippen LogP contribution in [0.5, 0.6) is 0 Å². The van der Waals surface area contributed by atoms with E-state index in [1.165, 1.54) is 22.4 Å². The molecular weight excluding hydrogens is 356 g/mol. The molecule has 0 saturated carbocycles. The van der Waals surface area contributed by atoms with Crippen LogP contribution in [0.2, 0.25) is 5.02 Å². The van der Waals surface area contributed by atoms with Gasteiger partial charge in [0.25, 0.3) is 0 Å². The summed E-state index contributed by atoms with van der Waals surface area (Å²) in [4.78, 5) is 2.11. The lowest BCUT2D eigenvalue weighted by Gasteiger charge is -2.23. The van der Waals surface area contributed by atoms with Crippen LogP contribution < -0.4 is 9.58 Å². The van der Waals surface area contributed by atoms with E-state index in [2.05, 4.69) is 72.5 Å². The second-order valence-corrected chi connectivity index (χ2v) is 7.18. The topological polar surface area (TPSA) is 35.8 Å². The molecule has 0 aliphatic carbocycles. The van der Waals surface area contributed by atoms with Crippen molar-refractivity contribution in [3.8, 4) is 17.3 Å². The van der Waals surface area contributed by atoms with Gasteiger partial charge in [0.15, 0.2) is 12.7 Å². The number of hydrogen-bond donors (Lipinski definition) is 0. The van der Waals surface area contributed by atoms with E-state index in [0.717, 1.165) is 17.9 Å². The Morgan fingerprint density at radius 2 is 1.89 bits per heavy atom. The van der Waals surface area contributed by atoms with Crippen LogP contribution in [0.15, 0.2) is 42.6 Å². The third-order valence-corrected chi connectivity index (χ3v) is 5.37. The molecule has 5 heteroatoms. The van der Waals surface area contributed by atoms with Crippen molar-refractivity contribution >= 4 is 23.0 Å². The van der Waals surface area contributed by atoms with Gasteiger partial charge in [-0.25, -0.2) is 0 Å². The van der Waals surface area contributed by atoms with Gasteiger partial charge in [-0.1, -0.05) is 23.7 Å². The molecule has 0 radical (unpaired) electrons. The Labute approximate surface area is 165 Å². The molecule has 0 unspecified atom stereocenters. The molecule has 4 nitrogen and oxygen atoms in total. The summed E-state index contributed by atoms with van der Waals surface area (Å²) in [6.45, 7) is 7.32. The summed E-state index contributed by atoms with van der Waals surface area (Å²) in [6.07, 6.45) is 2.18. The van der Waals surface area contributed by atoms with Crippen LogP contribution in [-0.2, 0) is 13.6 Å². The fraction of sp³-hybridized carbons (Fsp3) is 0.273. The summed E-state index contributed by atoms with van der Waals surface area (Å²) in [5.41, 5.74) is 7.36. The summed E-state index contributed by atoms with van der Waals surface area (Å²) >= 11 is 6.23. The molecule has 0 spiro atoms. The van der Waals surface area contributed by atoms with Crippen molar-refractivity contribution in [3.63, 3.8) is 0 Å². The van der Waals surface area contributed by atoms with E-state index in [9.17, 15) is 0 Å². The molecular formula is C22H24ClN4+. The molecule has 3 aromatic rings. The SMILES string of the molecule is CC[n+]1cc(C)c(-c2ccc(C)c(N(C)c3ccc(C#N)c(Cl)c3)c2)n1C. The van der Waals surface area contributed by atoms with Gasteiger partial charge in [0.2, 0.25) is 0 Å². The first-order chi connectivity index (χ1) is 12.9. The molecule has 0 saturated heterocycles. The predicted octanol–water partition coefficient (Wildman–Crippen LogP) is 4.91. The molecule has 3 rings (SSSR count). The van der Waals surface area contributed by atoms with Crippen molar-refractivity contribution in [1.82, 2.24) is 4.68 Å². The summed E-state index contributed by atoms with van der Waals surface area (Å²) in [5, 5.41) is 9.56. The lowest BCUT2D eigenvalue weighted by molar-refractivity contribution is -0.769. The molecule has 0 aliphatic rings. The van der Waals surface area contributed by atoms with Gasteiger partial charge in [-0.3, -0.25) is 0 Å². The molecule has 0 atom stereocenters. The largest absolute Gasteiger partial charge is 0.344 e. The quantitative estimate of drug-likeness (QED) is 0.604. The normalized spacial score (nSPS) is 10.7. The summed E-state index contributed by atoms with van der Waals surface area (Å²) in [6, 6.07) is 14.2. The first-order valence-corrected chi connectivity index (χ1v) is 9.35. The highest BCUT2D eigenvalue weighted by Gasteiger charge is 2.18. The summed E-state index contributed by atoms with van der Waals surface area (Å²) in [5.74, 6) is 0. The van der Waals surface area contributed by atoms with Gasteiger partial charge >= 0.3 is 0 Å². The number of nitriles is 1. The number of benzene rings is 2. The van der Waals surface area contributed by atoms with Crippen LogP contribution in [0, 0.1) is 25.2 Å². The number of halogens is 1. The Kier molecular flexibility index (Phi) is 5.25. The first-order valence-electron chi connectivity index (χ1n) is 8.97. The van der Waals surface area contributed by atoms with E-state index in [4.69, 9.17) is 16.9 Å². The molecule has 138 valence electrons. The molecule has 0 fully saturated rings. The molecule has 1 aromatic heterocycles. The smallest absolute Gasteiger partial charge is 0.199 e. The number of anilines is 2. The van der Waals surface area contributed by atoms with Gasteiger partial charge in [0.1, 0.15) is 11.8 Å². The van der Waals surface area contributed by atoms with Gasteiger partial charge < -0.3 is 4.90 Å². The zero-order valence-electron chi connectivity index (χ0n) is 16.4. The standard InChI is InChI=1S/C22H24ClN4/c1-6-27-14-16(3)22(26(27)5)17-8-7-15(2)21(11-17)25(4)19-10-9-18(13-24)20(23)12-19/h7-12,14H,6H2,1-5H3/q+1. The van der Waals surface area contributed by atoms with Gasteiger partial charge in [-0.2, -0.15) is 9.94 Å². The Hall–Kier alpha value is -2.77. The van der Waals surface area contributed by atoms with E-state index < -0.39 is 0 Å². The monoisotopic (exact) mass is 379 g/mol. The minimum atomic E-state index is 0.470. The maximum Gasteiger partial charge on any atom is 0.199 e. The highest BCUT2D eigenvalue weighted by molar-refractivity contribution is 6.32. The molecule has 27 heavy (non-hydrogen) atoms. The summed E-state index contributed by atoms with van der Waals surface area (Å²) < 4.78 is 4.40. The van der Waals surface area contributed by atoms with Crippen molar-refractivity contribution in [2.75, 3.05) is 11.9 Å². The molecule has 0 bridgehead atoms. The Morgan fingerprint density at radius 1 is 1.15 bits per heavy atom. The first kappa shape index (κ1) is 19.0. The third-order valence-electron chi connectivity index (χ3n) is 5.05. The Balaban J connectivity index is 2.08. The fourth-order valence-electron chi connectivity index (χ4n) is 3.53. The minimum Gasteiger partial charge on any atom is -0.344 e. The number of rotatable bonds is 4. The highest BCUT2D eigenvalue weighted by atomic mass is 35.5. The summed E-state index contributed by atoms with van der Waals surface area (Å²) in [7, 11) is 4.11. The van der Waals surface area contributed by atoms with Crippen molar-refractivity contribution in [1.29, 1.82) is 5.26 Å². The zero-order chi connectivity index (χ0) is 19.7. The van der Waals surface area contributed by atoms with E-state index in [0.29, 0.717) is 10.6 Å². The molecule has 1 heterocycles. The van der Waals surface area contributed by atoms with Gasteiger partial charge in [-0.15, -0.1) is 4.68 Å². The molecule has 0 aliphatic heterocycles. The maximum atomic E-state index is 9.09. The third kappa shape index (κ3) is 3.43. The van der Waals surface area contributed by atoms with E-state index in [-0.39, 0.29) is 0 Å². The van der Waals surface area contributed by atoms with Crippen LogP contribution in [0.25, 0.3) is 11.3 Å². The zero-order valence-corrected chi connectivity index (χ0v) is 17.2. The van der Waals surface area contributed by atoms with Crippen molar-refractivity contribution in [3.05, 3.63) is 64.3 Å². The van der Waals surface area contributed by atoms with Crippen LogP contribution in [0.3, 0.4) is 0 Å². The Bertz CT molecular complexity index is 1040. The van der Waals surface area contributed by atoms with E-state index >= 15 is 0 Å². The average Bonchev–Trinajstić information content (AvgIpc) is 2.95. The fourth-order valence-corrected chi connectivity index (χ4v) is 3.75. The highest BCUT2D eigenvalue weighted by Crippen LogP contribution is 2.33. The number of aromatic nitrogens is 2. The van der Waals surface area contributed by atoms with Crippen LogP contribution in [0.1, 0.15) is 23.6 Å². The number of nitrogens with zero attached hydrogens (tertiary/aromatic N) is 4. The van der Waals surface area contributed by atoms with Crippen LogP contribution in [-0.4, -0.2) is 11.7 Å². The second kappa shape index (κ2) is 7.46. The molecule has 0 amide bonds. The van der Waals surface area contributed by atoms with Crippen molar-refractivity contribution in [2.24, 2.45) is 7.05 Å². The average molecular weight is 380 g/mol.